The maximum atomic E-state index is 10.9. The van der Waals surface area contributed by atoms with Crippen molar-refractivity contribution in [3.63, 3.8) is 0 Å². The Kier molecular flexibility index (Phi) is 6.99. The van der Waals surface area contributed by atoms with Crippen LogP contribution in [-0.4, -0.2) is 30.9 Å². The van der Waals surface area contributed by atoms with Gasteiger partial charge >= 0.3 is 5.97 Å². The van der Waals surface area contributed by atoms with E-state index in [1.165, 1.54) is 11.1 Å². The summed E-state index contributed by atoms with van der Waals surface area (Å²) in [5.74, 6) is 0.0587. The van der Waals surface area contributed by atoms with Gasteiger partial charge in [0.2, 0.25) is 0 Å². The Bertz CT molecular complexity index is 915. The summed E-state index contributed by atoms with van der Waals surface area (Å²) >= 11 is 6.04. The number of ether oxygens (including phenoxy) is 2. The monoisotopic (exact) mass is 414 g/mol. The molecule has 0 fully saturated rings. The number of rotatable bonds is 8. The Hall–Kier alpha value is -2.30. The van der Waals surface area contributed by atoms with Crippen molar-refractivity contribution in [2.24, 2.45) is 0 Å². The van der Waals surface area contributed by atoms with Crippen molar-refractivity contribution in [1.29, 1.82) is 0 Å². The fourth-order valence-electron chi connectivity index (χ4n) is 3.81. The van der Waals surface area contributed by atoms with Crippen molar-refractivity contribution in [2.75, 3.05) is 13.7 Å². The van der Waals surface area contributed by atoms with Gasteiger partial charge < -0.3 is 14.6 Å². The summed E-state index contributed by atoms with van der Waals surface area (Å²) in [5.41, 5.74) is 6.87. The molecule has 2 aromatic rings. The van der Waals surface area contributed by atoms with E-state index in [9.17, 15) is 4.79 Å². The molecule has 0 bridgehead atoms. The van der Waals surface area contributed by atoms with E-state index < -0.39 is 5.97 Å². The van der Waals surface area contributed by atoms with E-state index in [4.69, 9.17) is 26.2 Å². The molecule has 5 heteroatoms. The van der Waals surface area contributed by atoms with E-state index in [0.29, 0.717) is 13.0 Å². The second-order valence-electron chi connectivity index (χ2n) is 7.51. The third-order valence-electron chi connectivity index (χ3n) is 5.72. The molecule has 0 radical (unpaired) electrons. The minimum absolute atomic E-state index is 0.135. The maximum absolute atomic E-state index is 10.9. The minimum Gasteiger partial charge on any atom is -0.489 e. The van der Waals surface area contributed by atoms with Crippen LogP contribution in [0.25, 0.3) is 5.57 Å². The van der Waals surface area contributed by atoms with Crippen LogP contribution in [0.4, 0.5) is 0 Å². The number of benzene rings is 2. The highest BCUT2D eigenvalue weighted by atomic mass is 35.5. The number of carbonyl (C=O) groups is 1. The van der Waals surface area contributed by atoms with Crippen LogP contribution in [0.2, 0.25) is 5.02 Å². The molecule has 154 valence electrons. The number of halogens is 1. The van der Waals surface area contributed by atoms with E-state index in [-0.39, 0.29) is 12.5 Å². The minimum atomic E-state index is -0.780. The van der Waals surface area contributed by atoms with Crippen molar-refractivity contribution in [2.45, 2.75) is 45.6 Å². The molecule has 3 rings (SSSR count). The molecule has 1 aliphatic rings. The zero-order valence-electron chi connectivity index (χ0n) is 17.1. The number of carboxylic acid groups (broad SMARTS) is 1. The van der Waals surface area contributed by atoms with Crippen LogP contribution in [-0.2, 0) is 16.0 Å². The Morgan fingerprint density at radius 1 is 1.10 bits per heavy atom. The Morgan fingerprint density at radius 2 is 1.83 bits per heavy atom. The van der Waals surface area contributed by atoms with Gasteiger partial charge in [-0.3, -0.25) is 4.79 Å². The first-order valence-electron chi connectivity index (χ1n) is 9.82. The zero-order chi connectivity index (χ0) is 21.0. The highest BCUT2D eigenvalue weighted by Crippen LogP contribution is 2.36. The average Bonchev–Trinajstić information content (AvgIpc) is 3.12. The SMILES string of the molecule is COC1CC(COc2ccc(CCC(=O)O)c(C)c2C)=C(c2ccc(Cl)cc2)C1. The standard InChI is InChI=1S/C24H27ClO4/c1-15-16(2)23(10-6-17(15)7-11-24(26)27)29-14-19-12-21(28-3)13-22(19)18-4-8-20(25)9-5-18/h4-6,8-10,21H,7,11-14H2,1-3H3,(H,26,27). The van der Waals surface area contributed by atoms with E-state index in [0.717, 1.165) is 45.9 Å². The summed E-state index contributed by atoms with van der Waals surface area (Å²) in [6.45, 7) is 4.55. The van der Waals surface area contributed by atoms with Crippen LogP contribution < -0.4 is 4.74 Å². The molecule has 2 aromatic carbocycles. The molecule has 0 aliphatic heterocycles. The largest absolute Gasteiger partial charge is 0.489 e. The molecule has 1 aliphatic carbocycles. The van der Waals surface area contributed by atoms with Gasteiger partial charge in [-0.05, 0) is 84.7 Å². The molecular weight excluding hydrogens is 388 g/mol. The Labute approximate surface area is 177 Å². The number of hydrogen-bond acceptors (Lipinski definition) is 3. The van der Waals surface area contributed by atoms with E-state index in [1.807, 2.05) is 50.2 Å². The van der Waals surface area contributed by atoms with Gasteiger partial charge in [0.15, 0.2) is 0 Å². The third kappa shape index (κ3) is 5.20. The number of hydrogen-bond donors (Lipinski definition) is 1. The number of carboxylic acids is 1. The van der Waals surface area contributed by atoms with Crippen molar-refractivity contribution in [3.8, 4) is 5.75 Å². The Balaban J connectivity index is 1.77. The second-order valence-corrected chi connectivity index (χ2v) is 7.95. The predicted molar refractivity (Wildman–Crippen MR) is 116 cm³/mol. The molecule has 0 saturated heterocycles. The van der Waals surface area contributed by atoms with Gasteiger partial charge in [0, 0.05) is 18.6 Å². The number of methoxy groups -OCH3 is 1. The van der Waals surface area contributed by atoms with E-state index >= 15 is 0 Å². The first-order chi connectivity index (χ1) is 13.9. The zero-order valence-corrected chi connectivity index (χ0v) is 17.9. The topological polar surface area (TPSA) is 55.8 Å². The van der Waals surface area contributed by atoms with Gasteiger partial charge in [-0.25, -0.2) is 0 Å². The van der Waals surface area contributed by atoms with Gasteiger partial charge in [0.25, 0.3) is 0 Å². The van der Waals surface area contributed by atoms with Gasteiger partial charge in [-0.15, -0.1) is 0 Å². The molecule has 0 aromatic heterocycles. The molecule has 1 N–H and O–H groups in total. The van der Waals surface area contributed by atoms with Crippen LogP contribution >= 0.6 is 11.6 Å². The fraction of sp³-hybridized carbons (Fsp3) is 0.375. The summed E-state index contributed by atoms with van der Waals surface area (Å²) in [5, 5.41) is 9.65. The highest BCUT2D eigenvalue weighted by molar-refractivity contribution is 6.30. The van der Waals surface area contributed by atoms with Crippen LogP contribution in [0.3, 0.4) is 0 Å². The van der Waals surface area contributed by atoms with Gasteiger partial charge in [-0.1, -0.05) is 29.8 Å². The summed E-state index contributed by atoms with van der Waals surface area (Å²) in [7, 11) is 1.75. The van der Waals surface area contributed by atoms with Gasteiger partial charge in [-0.2, -0.15) is 0 Å². The fourth-order valence-corrected chi connectivity index (χ4v) is 3.94. The molecule has 1 atom stereocenters. The third-order valence-corrected chi connectivity index (χ3v) is 5.97. The molecule has 1 unspecified atom stereocenters. The Morgan fingerprint density at radius 3 is 2.48 bits per heavy atom. The lowest BCUT2D eigenvalue weighted by Gasteiger charge is -2.16. The molecule has 0 spiro atoms. The second kappa shape index (κ2) is 9.47. The smallest absolute Gasteiger partial charge is 0.303 e. The van der Waals surface area contributed by atoms with E-state index in [2.05, 4.69) is 0 Å². The van der Waals surface area contributed by atoms with Crippen LogP contribution in [0.1, 0.15) is 41.5 Å². The average molecular weight is 415 g/mol. The van der Waals surface area contributed by atoms with Crippen LogP contribution in [0.15, 0.2) is 42.0 Å². The number of aliphatic carboxylic acids is 1. The first kappa shape index (κ1) is 21.4. The number of aryl methyl sites for hydroxylation is 1. The highest BCUT2D eigenvalue weighted by Gasteiger charge is 2.25. The maximum Gasteiger partial charge on any atom is 0.303 e. The quantitative estimate of drug-likeness (QED) is 0.609. The lowest BCUT2D eigenvalue weighted by molar-refractivity contribution is -0.136. The van der Waals surface area contributed by atoms with Crippen molar-refractivity contribution < 1.29 is 19.4 Å². The van der Waals surface area contributed by atoms with Gasteiger partial charge in [0.1, 0.15) is 12.4 Å². The molecule has 4 nitrogen and oxygen atoms in total. The molecule has 0 amide bonds. The van der Waals surface area contributed by atoms with Crippen LogP contribution in [0, 0.1) is 13.8 Å². The lowest BCUT2D eigenvalue weighted by Crippen LogP contribution is -2.08. The molecule has 29 heavy (non-hydrogen) atoms. The van der Waals surface area contributed by atoms with Crippen molar-refractivity contribution in [1.82, 2.24) is 0 Å². The summed E-state index contributed by atoms with van der Waals surface area (Å²) < 4.78 is 11.8. The van der Waals surface area contributed by atoms with E-state index in [1.54, 1.807) is 7.11 Å². The predicted octanol–water partition coefficient (Wildman–Crippen LogP) is 5.62. The lowest BCUT2D eigenvalue weighted by atomic mass is 9.99. The van der Waals surface area contributed by atoms with Crippen molar-refractivity contribution >= 4 is 23.1 Å². The van der Waals surface area contributed by atoms with Crippen molar-refractivity contribution in [3.05, 3.63) is 69.2 Å². The van der Waals surface area contributed by atoms with Gasteiger partial charge in [0.05, 0.1) is 6.10 Å². The summed E-state index contributed by atoms with van der Waals surface area (Å²) in [6, 6.07) is 11.8. The summed E-state index contributed by atoms with van der Waals surface area (Å²) in [4.78, 5) is 10.9. The van der Waals surface area contributed by atoms with Crippen LogP contribution in [0.5, 0.6) is 5.75 Å². The normalized spacial score (nSPS) is 16.3. The summed E-state index contributed by atoms with van der Waals surface area (Å²) in [6.07, 6.45) is 2.55. The molecule has 0 heterocycles. The molecule has 0 saturated carbocycles. The molecular formula is C24H27ClO4. The first-order valence-corrected chi connectivity index (χ1v) is 10.2.